The van der Waals surface area contributed by atoms with Crippen LogP contribution in [-0.4, -0.2) is 52.5 Å². The number of nitrogens with zero attached hydrogens (tertiary/aromatic N) is 4. The lowest BCUT2D eigenvalue weighted by Crippen LogP contribution is -2.34. The third-order valence-electron chi connectivity index (χ3n) is 4.81. The number of nitrogens with one attached hydrogen (secondary N) is 1. The highest BCUT2D eigenvalue weighted by Gasteiger charge is 2.23. The van der Waals surface area contributed by atoms with E-state index in [1.165, 1.54) is 4.88 Å². The Morgan fingerprint density at radius 3 is 2.84 bits per heavy atom. The summed E-state index contributed by atoms with van der Waals surface area (Å²) in [7, 11) is 4.03. The number of carbonyl (C=O) groups is 1. The quantitative estimate of drug-likeness (QED) is 0.818. The molecule has 0 spiro atoms. The molecule has 2 aromatic rings. The molecule has 7 nitrogen and oxygen atoms in total. The first kappa shape index (κ1) is 18.0. The smallest absolute Gasteiger partial charge is 0.273 e. The molecule has 1 saturated carbocycles. The van der Waals surface area contributed by atoms with Crippen LogP contribution in [0.15, 0.2) is 23.7 Å². The van der Waals surface area contributed by atoms with Crippen molar-refractivity contribution in [2.24, 2.45) is 5.73 Å². The Labute approximate surface area is 152 Å². The van der Waals surface area contributed by atoms with Gasteiger partial charge >= 0.3 is 0 Å². The Morgan fingerprint density at radius 1 is 1.44 bits per heavy atom. The van der Waals surface area contributed by atoms with Crippen molar-refractivity contribution in [3.63, 3.8) is 0 Å². The molecule has 0 aliphatic heterocycles. The van der Waals surface area contributed by atoms with Crippen LogP contribution >= 0.6 is 11.3 Å². The summed E-state index contributed by atoms with van der Waals surface area (Å²) < 4.78 is 1.82. The van der Waals surface area contributed by atoms with Crippen LogP contribution in [0, 0.1) is 0 Å². The summed E-state index contributed by atoms with van der Waals surface area (Å²) in [5, 5.41) is 13.2. The van der Waals surface area contributed by atoms with E-state index in [4.69, 9.17) is 5.73 Å². The highest BCUT2D eigenvalue weighted by Crippen LogP contribution is 2.27. The Hall–Kier alpha value is -1.77. The largest absolute Gasteiger partial charge is 0.349 e. The van der Waals surface area contributed by atoms with Gasteiger partial charge in [0.25, 0.3) is 5.91 Å². The average molecular weight is 363 g/mol. The second-order valence-corrected chi connectivity index (χ2v) is 7.84. The first-order valence-electron chi connectivity index (χ1n) is 8.70. The van der Waals surface area contributed by atoms with E-state index in [-0.39, 0.29) is 11.9 Å². The highest BCUT2D eigenvalue weighted by molar-refractivity contribution is 7.10. The molecule has 3 N–H and O–H groups in total. The van der Waals surface area contributed by atoms with E-state index in [0.29, 0.717) is 24.3 Å². The van der Waals surface area contributed by atoms with Gasteiger partial charge in [0.1, 0.15) is 0 Å². The topological polar surface area (TPSA) is 89.1 Å². The summed E-state index contributed by atoms with van der Waals surface area (Å²) in [6.07, 6.45) is 5.74. The molecule has 1 atom stereocenters. The minimum atomic E-state index is -0.179. The van der Waals surface area contributed by atoms with Gasteiger partial charge in [-0.05, 0) is 51.2 Å². The van der Waals surface area contributed by atoms with Crippen molar-refractivity contribution in [1.29, 1.82) is 0 Å². The predicted octanol–water partition coefficient (Wildman–Crippen LogP) is 1.81. The van der Waals surface area contributed by atoms with Crippen molar-refractivity contribution >= 4 is 17.2 Å². The normalized spacial score (nSPS) is 22.1. The average Bonchev–Trinajstić information content (AvgIpc) is 3.27. The minimum absolute atomic E-state index is 0.152. The standard InChI is InChI=1S/C17H26N6OS/c1-22(2)15(16-4-3-9-25-16)10-19-17(24)14-11-23(21-20-14)13-7-5-12(18)6-8-13/h3-4,9,11-13,15H,5-8,10,18H2,1-2H3,(H,19,24)/t12?,13?,15-/m1/s1. The molecule has 0 aromatic carbocycles. The Bertz CT molecular complexity index is 675. The molecule has 8 heteroatoms. The van der Waals surface area contributed by atoms with E-state index in [1.807, 2.05) is 24.8 Å². The lowest BCUT2D eigenvalue weighted by atomic mass is 9.92. The van der Waals surface area contributed by atoms with Gasteiger partial charge in [-0.2, -0.15) is 0 Å². The van der Waals surface area contributed by atoms with Crippen LogP contribution in [0.2, 0.25) is 0 Å². The van der Waals surface area contributed by atoms with Crippen LogP contribution in [0.1, 0.15) is 53.1 Å². The van der Waals surface area contributed by atoms with Crippen molar-refractivity contribution in [2.75, 3.05) is 20.6 Å². The molecule has 25 heavy (non-hydrogen) atoms. The molecule has 0 radical (unpaired) electrons. The van der Waals surface area contributed by atoms with Gasteiger partial charge in [-0.15, -0.1) is 16.4 Å². The molecular weight excluding hydrogens is 336 g/mol. The fourth-order valence-corrected chi connectivity index (χ4v) is 4.15. The minimum Gasteiger partial charge on any atom is -0.349 e. The van der Waals surface area contributed by atoms with Gasteiger partial charge in [0.15, 0.2) is 5.69 Å². The van der Waals surface area contributed by atoms with Gasteiger partial charge < -0.3 is 16.0 Å². The van der Waals surface area contributed by atoms with Crippen LogP contribution in [0.25, 0.3) is 0 Å². The number of nitrogens with two attached hydrogens (primary N) is 1. The van der Waals surface area contributed by atoms with E-state index in [0.717, 1.165) is 25.7 Å². The summed E-state index contributed by atoms with van der Waals surface area (Å²) in [4.78, 5) is 15.8. The molecule has 0 unspecified atom stereocenters. The lowest BCUT2D eigenvalue weighted by Gasteiger charge is -2.25. The fraction of sp³-hybridized carbons (Fsp3) is 0.588. The monoisotopic (exact) mass is 362 g/mol. The van der Waals surface area contributed by atoms with Gasteiger partial charge in [0.05, 0.1) is 18.3 Å². The SMILES string of the molecule is CN(C)[C@H](CNC(=O)c1cn(C2CCC(N)CC2)nn1)c1cccs1. The van der Waals surface area contributed by atoms with Crippen molar-refractivity contribution in [3.8, 4) is 0 Å². The van der Waals surface area contributed by atoms with Crippen LogP contribution in [0.3, 0.4) is 0 Å². The molecule has 1 amide bonds. The molecule has 1 fully saturated rings. The highest BCUT2D eigenvalue weighted by atomic mass is 32.1. The molecule has 1 aliphatic carbocycles. The van der Waals surface area contributed by atoms with E-state index in [2.05, 4.69) is 32.0 Å². The van der Waals surface area contributed by atoms with Gasteiger partial charge in [-0.3, -0.25) is 4.79 Å². The predicted molar refractivity (Wildman–Crippen MR) is 98.6 cm³/mol. The zero-order chi connectivity index (χ0) is 17.8. The van der Waals surface area contributed by atoms with Gasteiger partial charge in [-0.1, -0.05) is 11.3 Å². The van der Waals surface area contributed by atoms with Crippen molar-refractivity contribution in [2.45, 2.75) is 43.8 Å². The lowest BCUT2D eigenvalue weighted by molar-refractivity contribution is 0.0937. The number of carbonyl (C=O) groups excluding carboxylic acids is 1. The summed E-state index contributed by atoms with van der Waals surface area (Å²) in [5.74, 6) is -0.179. The van der Waals surface area contributed by atoms with Crippen LogP contribution < -0.4 is 11.1 Å². The number of hydrogen-bond donors (Lipinski definition) is 2. The van der Waals surface area contributed by atoms with E-state index < -0.39 is 0 Å². The second-order valence-electron chi connectivity index (χ2n) is 6.86. The summed E-state index contributed by atoms with van der Waals surface area (Å²) >= 11 is 1.69. The van der Waals surface area contributed by atoms with E-state index >= 15 is 0 Å². The summed E-state index contributed by atoms with van der Waals surface area (Å²) in [6.45, 7) is 0.539. The van der Waals surface area contributed by atoms with Crippen LogP contribution in [-0.2, 0) is 0 Å². The van der Waals surface area contributed by atoms with Crippen LogP contribution in [0.5, 0.6) is 0 Å². The van der Waals surface area contributed by atoms with Gasteiger partial charge in [-0.25, -0.2) is 4.68 Å². The molecule has 0 saturated heterocycles. The fourth-order valence-electron chi connectivity index (χ4n) is 3.22. The number of amides is 1. The molecule has 2 heterocycles. The number of hydrogen-bond acceptors (Lipinski definition) is 6. The second kappa shape index (κ2) is 8.07. The van der Waals surface area contributed by atoms with Crippen LogP contribution in [0.4, 0.5) is 0 Å². The molecule has 1 aliphatic rings. The molecule has 3 rings (SSSR count). The first-order valence-corrected chi connectivity index (χ1v) is 9.58. The summed E-state index contributed by atoms with van der Waals surface area (Å²) in [5.41, 5.74) is 6.32. The van der Waals surface area contributed by atoms with Crippen molar-refractivity contribution in [3.05, 3.63) is 34.3 Å². The van der Waals surface area contributed by atoms with Gasteiger partial charge in [0.2, 0.25) is 0 Å². The molecular formula is C17H26N6OS. The zero-order valence-electron chi connectivity index (χ0n) is 14.8. The third-order valence-corrected chi connectivity index (χ3v) is 5.78. The Morgan fingerprint density at radius 2 is 2.20 bits per heavy atom. The zero-order valence-corrected chi connectivity index (χ0v) is 15.6. The number of rotatable bonds is 6. The maximum Gasteiger partial charge on any atom is 0.273 e. The van der Waals surface area contributed by atoms with E-state index in [9.17, 15) is 4.79 Å². The molecule has 0 bridgehead atoms. The maximum absolute atomic E-state index is 12.4. The van der Waals surface area contributed by atoms with E-state index in [1.54, 1.807) is 17.5 Å². The first-order chi connectivity index (χ1) is 12.0. The third kappa shape index (κ3) is 4.45. The Balaban J connectivity index is 1.58. The number of likely N-dealkylation sites (N-methyl/N-ethyl adjacent to an activating group) is 1. The molecule has 2 aromatic heterocycles. The molecule has 136 valence electrons. The Kier molecular flexibility index (Phi) is 5.82. The maximum atomic E-state index is 12.4. The van der Waals surface area contributed by atoms with Gasteiger partial charge in [0, 0.05) is 17.5 Å². The van der Waals surface area contributed by atoms with Crippen molar-refractivity contribution < 1.29 is 4.79 Å². The number of aromatic nitrogens is 3. The number of thiophene rings is 1. The summed E-state index contributed by atoms with van der Waals surface area (Å²) in [6, 6.07) is 4.86. The van der Waals surface area contributed by atoms with Crippen molar-refractivity contribution in [1.82, 2.24) is 25.2 Å².